The van der Waals surface area contributed by atoms with E-state index in [9.17, 15) is 4.79 Å². The highest BCUT2D eigenvalue weighted by Gasteiger charge is 2.45. The number of carbonyl (C=O) groups is 1. The highest BCUT2D eigenvalue weighted by molar-refractivity contribution is 5.89. The number of amides is 1. The molecule has 3 rings (SSSR count). The van der Waals surface area contributed by atoms with Gasteiger partial charge in [-0.3, -0.25) is 4.79 Å². The van der Waals surface area contributed by atoms with Crippen LogP contribution in [0.3, 0.4) is 0 Å². The molecule has 2 aromatic rings. The summed E-state index contributed by atoms with van der Waals surface area (Å²) >= 11 is 0. The van der Waals surface area contributed by atoms with Crippen molar-refractivity contribution >= 4 is 16.7 Å². The number of rotatable bonds is 5. The first-order chi connectivity index (χ1) is 9.67. The molecule has 3 N–H and O–H groups in total. The van der Waals surface area contributed by atoms with Gasteiger partial charge >= 0.3 is 0 Å². The minimum Gasteiger partial charge on any atom is -0.492 e. The summed E-state index contributed by atoms with van der Waals surface area (Å²) in [6.07, 6.45) is 1.56. The lowest BCUT2D eigenvalue weighted by Crippen LogP contribution is -2.44. The number of benzene rings is 2. The van der Waals surface area contributed by atoms with Gasteiger partial charge in [-0.2, -0.15) is 0 Å². The molecule has 1 fully saturated rings. The van der Waals surface area contributed by atoms with Gasteiger partial charge < -0.3 is 15.8 Å². The molecule has 0 heterocycles. The molecule has 0 radical (unpaired) electrons. The van der Waals surface area contributed by atoms with Crippen LogP contribution in [0, 0.1) is 0 Å². The van der Waals surface area contributed by atoms with Crippen molar-refractivity contribution < 1.29 is 9.53 Å². The van der Waals surface area contributed by atoms with Crippen LogP contribution in [0.2, 0.25) is 0 Å². The van der Waals surface area contributed by atoms with E-state index in [2.05, 4.69) is 17.4 Å². The molecule has 1 aliphatic carbocycles. The van der Waals surface area contributed by atoms with E-state index in [1.54, 1.807) is 0 Å². The maximum atomic E-state index is 11.6. The summed E-state index contributed by atoms with van der Waals surface area (Å²) < 4.78 is 5.64. The van der Waals surface area contributed by atoms with Crippen LogP contribution in [-0.4, -0.2) is 24.6 Å². The van der Waals surface area contributed by atoms with Gasteiger partial charge in [0.15, 0.2) is 0 Å². The lowest BCUT2D eigenvalue weighted by Gasteiger charge is -2.11. The van der Waals surface area contributed by atoms with E-state index in [1.807, 2.05) is 30.3 Å². The molecule has 4 nitrogen and oxygen atoms in total. The van der Waals surface area contributed by atoms with Crippen LogP contribution in [0.25, 0.3) is 10.8 Å². The molecule has 104 valence electrons. The minimum absolute atomic E-state index is 0.0698. The standard InChI is InChI=1S/C16H18N2O2/c17-16(7-8-16)15(19)18-9-10-20-14-6-5-12-3-1-2-4-13(12)11-14/h1-6,11H,7-10,17H2,(H,18,19). The topological polar surface area (TPSA) is 64.4 Å². The van der Waals surface area contributed by atoms with Crippen molar-refractivity contribution in [3.05, 3.63) is 42.5 Å². The highest BCUT2D eigenvalue weighted by atomic mass is 16.5. The Balaban J connectivity index is 1.51. The molecule has 1 amide bonds. The van der Waals surface area contributed by atoms with E-state index < -0.39 is 5.54 Å². The Kier molecular flexibility index (Phi) is 3.32. The van der Waals surface area contributed by atoms with Crippen molar-refractivity contribution in [2.24, 2.45) is 5.73 Å². The van der Waals surface area contributed by atoms with Crippen molar-refractivity contribution in [1.82, 2.24) is 5.32 Å². The largest absolute Gasteiger partial charge is 0.492 e. The first-order valence-corrected chi connectivity index (χ1v) is 6.86. The smallest absolute Gasteiger partial charge is 0.240 e. The molecule has 1 saturated carbocycles. The third-order valence-electron chi connectivity index (χ3n) is 3.62. The summed E-state index contributed by atoms with van der Waals surface area (Å²) in [7, 11) is 0. The molecule has 0 aromatic heterocycles. The van der Waals surface area contributed by atoms with Crippen LogP contribution in [0.5, 0.6) is 5.75 Å². The maximum Gasteiger partial charge on any atom is 0.240 e. The zero-order chi connectivity index (χ0) is 14.0. The summed E-state index contributed by atoms with van der Waals surface area (Å²) in [5.74, 6) is 0.742. The van der Waals surface area contributed by atoms with Crippen molar-refractivity contribution in [3.8, 4) is 5.75 Å². The Hall–Kier alpha value is -2.07. The predicted molar refractivity (Wildman–Crippen MR) is 78.6 cm³/mol. The molecule has 1 aliphatic rings. The molecule has 0 saturated heterocycles. The second-order valence-electron chi connectivity index (χ2n) is 5.27. The molecule has 2 aromatic carbocycles. The fourth-order valence-electron chi connectivity index (χ4n) is 2.13. The SMILES string of the molecule is NC1(C(=O)NCCOc2ccc3ccccc3c2)CC1. The van der Waals surface area contributed by atoms with Gasteiger partial charge in [-0.15, -0.1) is 0 Å². The minimum atomic E-state index is -0.608. The first-order valence-electron chi connectivity index (χ1n) is 6.86. The fourth-order valence-corrected chi connectivity index (χ4v) is 2.13. The molecule has 20 heavy (non-hydrogen) atoms. The Morgan fingerprint density at radius 1 is 1.20 bits per heavy atom. The molecular weight excluding hydrogens is 252 g/mol. The Morgan fingerprint density at radius 2 is 1.95 bits per heavy atom. The van der Waals surface area contributed by atoms with Crippen molar-refractivity contribution in [2.45, 2.75) is 18.4 Å². The number of hydrogen-bond donors (Lipinski definition) is 2. The zero-order valence-electron chi connectivity index (χ0n) is 11.3. The summed E-state index contributed by atoms with van der Waals surface area (Å²) in [4.78, 5) is 11.6. The molecule has 0 aliphatic heterocycles. The third kappa shape index (κ3) is 2.75. The lowest BCUT2D eigenvalue weighted by molar-refractivity contribution is -0.123. The second-order valence-corrected chi connectivity index (χ2v) is 5.27. The van der Waals surface area contributed by atoms with Gasteiger partial charge in [0.05, 0.1) is 12.1 Å². The normalized spacial score (nSPS) is 15.8. The van der Waals surface area contributed by atoms with E-state index in [-0.39, 0.29) is 5.91 Å². The number of nitrogens with one attached hydrogen (secondary N) is 1. The van der Waals surface area contributed by atoms with Crippen LogP contribution >= 0.6 is 0 Å². The Morgan fingerprint density at radius 3 is 2.70 bits per heavy atom. The Labute approximate surface area is 117 Å². The number of hydrogen-bond acceptors (Lipinski definition) is 3. The van der Waals surface area contributed by atoms with E-state index in [1.165, 1.54) is 5.39 Å². The summed E-state index contributed by atoms with van der Waals surface area (Å²) in [6.45, 7) is 0.921. The molecule has 0 spiro atoms. The fraction of sp³-hybridized carbons (Fsp3) is 0.312. The van der Waals surface area contributed by atoms with Crippen molar-refractivity contribution in [2.75, 3.05) is 13.2 Å². The van der Waals surface area contributed by atoms with Crippen LogP contribution in [0.4, 0.5) is 0 Å². The second kappa shape index (κ2) is 5.13. The number of nitrogens with two attached hydrogens (primary N) is 1. The molecular formula is C16H18N2O2. The van der Waals surface area contributed by atoms with Gasteiger partial charge in [0, 0.05) is 0 Å². The van der Waals surface area contributed by atoms with Crippen LogP contribution < -0.4 is 15.8 Å². The predicted octanol–water partition coefficient (Wildman–Crippen LogP) is 1.83. The van der Waals surface area contributed by atoms with Gasteiger partial charge in [-0.1, -0.05) is 30.3 Å². The van der Waals surface area contributed by atoms with Crippen molar-refractivity contribution in [3.63, 3.8) is 0 Å². The van der Waals surface area contributed by atoms with E-state index in [4.69, 9.17) is 10.5 Å². The zero-order valence-corrected chi connectivity index (χ0v) is 11.3. The summed E-state index contributed by atoms with van der Waals surface area (Å²) in [5.41, 5.74) is 5.18. The van der Waals surface area contributed by atoms with Gasteiger partial charge in [-0.05, 0) is 35.7 Å². The maximum absolute atomic E-state index is 11.6. The lowest BCUT2D eigenvalue weighted by atomic mass is 10.1. The number of fused-ring (bicyclic) bond motifs is 1. The Bertz CT molecular complexity index is 635. The monoisotopic (exact) mass is 270 g/mol. The van der Waals surface area contributed by atoms with Crippen LogP contribution in [0.15, 0.2) is 42.5 Å². The van der Waals surface area contributed by atoms with Gasteiger partial charge in [0.1, 0.15) is 12.4 Å². The average Bonchev–Trinajstić information content (AvgIpc) is 3.22. The molecule has 0 unspecified atom stereocenters. The van der Waals surface area contributed by atoms with E-state index in [0.29, 0.717) is 13.2 Å². The first kappa shape index (κ1) is 12.9. The van der Waals surface area contributed by atoms with Gasteiger partial charge in [-0.25, -0.2) is 0 Å². The molecule has 4 heteroatoms. The summed E-state index contributed by atoms with van der Waals surface area (Å²) in [6, 6.07) is 14.1. The molecule has 0 atom stereocenters. The quantitative estimate of drug-likeness (QED) is 0.815. The number of carbonyl (C=O) groups excluding carboxylic acids is 1. The van der Waals surface area contributed by atoms with E-state index in [0.717, 1.165) is 24.0 Å². The van der Waals surface area contributed by atoms with Crippen molar-refractivity contribution in [1.29, 1.82) is 0 Å². The van der Waals surface area contributed by atoms with Gasteiger partial charge in [0.25, 0.3) is 0 Å². The van der Waals surface area contributed by atoms with Crippen LogP contribution in [-0.2, 0) is 4.79 Å². The number of ether oxygens (including phenoxy) is 1. The van der Waals surface area contributed by atoms with E-state index >= 15 is 0 Å². The average molecular weight is 270 g/mol. The third-order valence-corrected chi connectivity index (χ3v) is 3.62. The molecule has 0 bridgehead atoms. The summed E-state index contributed by atoms with van der Waals surface area (Å²) in [5, 5.41) is 5.14. The van der Waals surface area contributed by atoms with Crippen LogP contribution in [0.1, 0.15) is 12.8 Å². The van der Waals surface area contributed by atoms with Gasteiger partial charge in [0.2, 0.25) is 5.91 Å². The highest BCUT2D eigenvalue weighted by Crippen LogP contribution is 2.31.